The molecular weight excluding hydrogens is 298 g/mol. The molecular formula is C16H19N3O2S. The Morgan fingerprint density at radius 3 is 2.91 bits per heavy atom. The molecule has 6 heteroatoms. The van der Waals surface area contributed by atoms with Gasteiger partial charge in [0, 0.05) is 11.7 Å². The molecule has 1 aliphatic carbocycles. The summed E-state index contributed by atoms with van der Waals surface area (Å²) in [5.74, 6) is 0.217. The maximum absolute atomic E-state index is 12.8. The fourth-order valence-corrected chi connectivity index (χ4v) is 4.87. The molecule has 1 fully saturated rings. The van der Waals surface area contributed by atoms with Crippen LogP contribution in [0.25, 0.3) is 5.57 Å². The first-order valence-electron chi connectivity index (χ1n) is 7.81. The van der Waals surface area contributed by atoms with Gasteiger partial charge in [0.15, 0.2) is 0 Å². The van der Waals surface area contributed by atoms with Gasteiger partial charge in [-0.1, -0.05) is 31.0 Å². The highest BCUT2D eigenvalue weighted by atomic mass is 32.2. The Balaban J connectivity index is 1.78. The zero-order valence-electron chi connectivity index (χ0n) is 12.5. The molecule has 1 atom stereocenters. The molecule has 0 radical (unpaired) electrons. The smallest absolute Gasteiger partial charge is 0.267 e. The monoisotopic (exact) mass is 317 g/mol. The average molecular weight is 317 g/mol. The minimum atomic E-state index is -0.109. The third-order valence-electron chi connectivity index (χ3n) is 4.66. The number of rotatable bonds is 1. The standard InChI is InChI=1S/C16H19N3O2S/c1-9-7-11(20)12-13-14(22-15(12)18-9)16(21)19(8-17-13)10-5-3-2-4-6-10/h7-8,10,15,18,20H,2-6H2,1H3. The molecule has 0 saturated heterocycles. The normalized spacial score (nSPS) is 24.6. The van der Waals surface area contributed by atoms with E-state index in [9.17, 15) is 9.90 Å². The molecule has 4 rings (SSSR count). The van der Waals surface area contributed by atoms with Crippen LogP contribution >= 0.6 is 11.8 Å². The SMILES string of the molecule is CC1=CC(O)=C2c3ncn(C4CCCCC4)c(=O)c3SC2N1. The summed E-state index contributed by atoms with van der Waals surface area (Å²) in [5.41, 5.74) is 2.31. The summed E-state index contributed by atoms with van der Waals surface area (Å²) in [5, 5.41) is 13.4. The number of aromatic nitrogens is 2. The summed E-state index contributed by atoms with van der Waals surface area (Å²) in [7, 11) is 0. The minimum Gasteiger partial charge on any atom is -0.507 e. The van der Waals surface area contributed by atoms with Crippen LogP contribution in [0.15, 0.2) is 33.5 Å². The summed E-state index contributed by atoms with van der Waals surface area (Å²) in [4.78, 5) is 18.0. The van der Waals surface area contributed by atoms with Crippen molar-refractivity contribution in [2.45, 2.75) is 55.3 Å². The molecule has 1 aromatic rings. The average Bonchev–Trinajstić information content (AvgIpc) is 2.88. The van der Waals surface area contributed by atoms with E-state index in [1.54, 1.807) is 17.0 Å². The third kappa shape index (κ3) is 2.08. The lowest BCUT2D eigenvalue weighted by Gasteiger charge is -2.23. The van der Waals surface area contributed by atoms with Gasteiger partial charge in [0.1, 0.15) is 16.0 Å². The van der Waals surface area contributed by atoms with Crippen molar-refractivity contribution in [3.63, 3.8) is 0 Å². The topological polar surface area (TPSA) is 67.2 Å². The van der Waals surface area contributed by atoms with Crippen molar-refractivity contribution in [1.29, 1.82) is 0 Å². The van der Waals surface area contributed by atoms with E-state index in [2.05, 4.69) is 10.3 Å². The van der Waals surface area contributed by atoms with E-state index in [0.29, 0.717) is 10.6 Å². The van der Waals surface area contributed by atoms with Crippen LogP contribution in [0.2, 0.25) is 0 Å². The molecule has 0 spiro atoms. The number of thioether (sulfide) groups is 1. The summed E-state index contributed by atoms with van der Waals surface area (Å²) in [6, 6.07) is 0.276. The van der Waals surface area contributed by atoms with Crippen LogP contribution in [0.3, 0.4) is 0 Å². The van der Waals surface area contributed by atoms with Crippen LogP contribution < -0.4 is 10.9 Å². The maximum Gasteiger partial charge on any atom is 0.267 e. The van der Waals surface area contributed by atoms with Gasteiger partial charge in [-0.05, 0) is 25.8 Å². The van der Waals surface area contributed by atoms with E-state index in [1.165, 1.54) is 31.0 Å². The Hall–Kier alpha value is -1.69. The van der Waals surface area contributed by atoms with Gasteiger partial charge in [0.2, 0.25) is 0 Å². The maximum atomic E-state index is 12.8. The Bertz CT molecular complexity index is 744. The van der Waals surface area contributed by atoms with E-state index in [-0.39, 0.29) is 22.7 Å². The zero-order chi connectivity index (χ0) is 15.3. The number of hydrogen-bond acceptors (Lipinski definition) is 5. The molecule has 116 valence electrons. The van der Waals surface area contributed by atoms with Crippen LogP contribution in [-0.2, 0) is 0 Å². The Labute approximate surface area is 133 Å². The van der Waals surface area contributed by atoms with Gasteiger partial charge in [-0.2, -0.15) is 0 Å². The zero-order valence-corrected chi connectivity index (χ0v) is 13.3. The van der Waals surface area contributed by atoms with Crippen molar-refractivity contribution in [2.24, 2.45) is 0 Å². The van der Waals surface area contributed by atoms with Crippen LogP contribution in [0, 0.1) is 0 Å². The van der Waals surface area contributed by atoms with Gasteiger partial charge >= 0.3 is 0 Å². The van der Waals surface area contributed by atoms with Crippen LogP contribution in [0.4, 0.5) is 0 Å². The van der Waals surface area contributed by atoms with E-state index < -0.39 is 0 Å². The number of aliphatic hydroxyl groups excluding tert-OH is 1. The van der Waals surface area contributed by atoms with Crippen molar-refractivity contribution in [3.8, 4) is 0 Å². The van der Waals surface area contributed by atoms with E-state index in [4.69, 9.17) is 0 Å². The molecule has 1 aromatic heterocycles. The van der Waals surface area contributed by atoms with Crippen LogP contribution in [0.1, 0.15) is 50.8 Å². The molecule has 0 amide bonds. The van der Waals surface area contributed by atoms with Gasteiger partial charge in [-0.15, -0.1) is 0 Å². The minimum absolute atomic E-state index is 0.0380. The summed E-state index contributed by atoms with van der Waals surface area (Å²) >= 11 is 1.47. The van der Waals surface area contributed by atoms with Crippen molar-refractivity contribution in [2.75, 3.05) is 0 Å². The van der Waals surface area contributed by atoms with E-state index >= 15 is 0 Å². The van der Waals surface area contributed by atoms with Crippen molar-refractivity contribution < 1.29 is 5.11 Å². The highest BCUT2D eigenvalue weighted by molar-refractivity contribution is 8.00. The number of hydrogen-bond donors (Lipinski definition) is 2. The summed E-state index contributed by atoms with van der Waals surface area (Å²) in [6.07, 6.45) is 9.10. The lowest BCUT2D eigenvalue weighted by Crippen LogP contribution is -2.28. The molecule has 1 saturated carbocycles. The second-order valence-corrected chi connectivity index (χ2v) is 7.31. The van der Waals surface area contributed by atoms with Gasteiger partial charge in [0.25, 0.3) is 5.56 Å². The second kappa shape index (κ2) is 5.19. The fourth-order valence-electron chi connectivity index (χ4n) is 3.56. The molecule has 22 heavy (non-hydrogen) atoms. The van der Waals surface area contributed by atoms with E-state index in [0.717, 1.165) is 24.1 Å². The fraction of sp³-hybridized carbons (Fsp3) is 0.500. The van der Waals surface area contributed by atoms with Gasteiger partial charge in [-0.25, -0.2) is 4.98 Å². The van der Waals surface area contributed by atoms with Crippen molar-refractivity contribution in [3.05, 3.63) is 39.9 Å². The van der Waals surface area contributed by atoms with Crippen LogP contribution in [-0.4, -0.2) is 20.0 Å². The quantitative estimate of drug-likeness (QED) is 0.833. The van der Waals surface area contributed by atoms with E-state index in [1.807, 2.05) is 6.92 Å². The summed E-state index contributed by atoms with van der Waals surface area (Å²) < 4.78 is 1.81. The Kier molecular flexibility index (Phi) is 3.29. The summed E-state index contributed by atoms with van der Waals surface area (Å²) in [6.45, 7) is 1.91. The van der Waals surface area contributed by atoms with Gasteiger partial charge < -0.3 is 10.4 Å². The highest BCUT2D eigenvalue weighted by Gasteiger charge is 2.36. The number of fused-ring (bicyclic) bond motifs is 3. The first kappa shape index (κ1) is 13.9. The molecule has 3 heterocycles. The lowest BCUT2D eigenvalue weighted by molar-refractivity contribution is 0.341. The Morgan fingerprint density at radius 1 is 1.36 bits per heavy atom. The van der Waals surface area contributed by atoms with Gasteiger partial charge in [-0.3, -0.25) is 9.36 Å². The molecule has 2 N–H and O–H groups in total. The predicted octanol–water partition coefficient (Wildman–Crippen LogP) is 2.96. The first-order valence-corrected chi connectivity index (χ1v) is 8.69. The van der Waals surface area contributed by atoms with Crippen molar-refractivity contribution in [1.82, 2.24) is 14.9 Å². The number of aliphatic hydroxyl groups is 1. The van der Waals surface area contributed by atoms with Gasteiger partial charge in [0.05, 0.1) is 17.6 Å². The first-order chi connectivity index (χ1) is 10.6. The number of dihydropyridines is 1. The largest absolute Gasteiger partial charge is 0.507 e. The molecule has 3 aliphatic rings. The van der Waals surface area contributed by atoms with Crippen LogP contribution in [0.5, 0.6) is 0 Å². The molecule has 2 aliphatic heterocycles. The molecule has 0 aromatic carbocycles. The second-order valence-electron chi connectivity index (χ2n) is 6.20. The Morgan fingerprint density at radius 2 is 2.14 bits per heavy atom. The van der Waals surface area contributed by atoms with Crippen molar-refractivity contribution >= 4 is 17.3 Å². The number of nitrogens with one attached hydrogen (secondary N) is 1. The number of nitrogens with zero attached hydrogens (tertiary/aromatic N) is 2. The highest BCUT2D eigenvalue weighted by Crippen LogP contribution is 2.44. The molecule has 0 bridgehead atoms. The third-order valence-corrected chi connectivity index (χ3v) is 5.86. The molecule has 5 nitrogen and oxygen atoms in total. The predicted molar refractivity (Wildman–Crippen MR) is 86.7 cm³/mol. The number of allylic oxidation sites excluding steroid dienone is 2. The molecule has 1 unspecified atom stereocenters. The lowest BCUT2D eigenvalue weighted by atomic mass is 9.95.